The third-order valence-electron chi connectivity index (χ3n) is 10.4. The predicted octanol–water partition coefficient (Wildman–Crippen LogP) is 14.3. The van der Waals surface area contributed by atoms with Gasteiger partial charge in [0.1, 0.15) is 5.82 Å². The van der Waals surface area contributed by atoms with Gasteiger partial charge < -0.3 is 4.90 Å². The lowest BCUT2D eigenvalue weighted by Gasteiger charge is -2.32. The quantitative estimate of drug-likeness (QED) is 0.148. The number of aromatic nitrogens is 2. The number of anilines is 6. The van der Waals surface area contributed by atoms with Crippen molar-refractivity contribution in [2.75, 3.05) is 9.80 Å². The monoisotopic (exact) mass is 726 g/mol. The molecule has 0 aliphatic heterocycles. The van der Waals surface area contributed by atoms with E-state index in [4.69, 9.17) is 9.97 Å². The van der Waals surface area contributed by atoms with E-state index in [1.807, 2.05) is 30.5 Å². The SMILES string of the molecule is Cc1cc(C)c(N(c2ccc(N(c3cccc(-c4ccccc4-c4ccccc4)c3)c3ccnc(-c4ccccc4)n3)cc2)c2c(C)cc(C)cc2C)c(C)c1. The second-order valence-electron chi connectivity index (χ2n) is 14.7. The molecule has 1 heterocycles. The number of nitrogens with zero attached hydrogens (tertiary/aromatic N) is 4. The van der Waals surface area contributed by atoms with Gasteiger partial charge in [-0.3, -0.25) is 4.90 Å². The number of hydrogen-bond donors (Lipinski definition) is 0. The van der Waals surface area contributed by atoms with Crippen molar-refractivity contribution >= 4 is 34.3 Å². The summed E-state index contributed by atoms with van der Waals surface area (Å²) in [6.45, 7) is 13.2. The van der Waals surface area contributed by atoms with Gasteiger partial charge in [-0.15, -0.1) is 0 Å². The molecule has 0 aliphatic carbocycles. The molecule has 1 aromatic heterocycles. The highest BCUT2D eigenvalue weighted by Crippen LogP contribution is 2.44. The van der Waals surface area contributed by atoms with E-state index >= 15 is 0 Å². The van der Waals surface area contributed by atoms with Crippen LogP contribution in [0.4, 0.5) is 34.3 Å². The van der Waals surface area contributed by atoms with Crippen LogP contribution in [0.5, 0.6) is 0 Å². The normalized spacial score (nSPS) is 11.0. The minimum absolute atomic E-state index is 0.678. The van der Waals surface area contributed by atoms with Crippen LogP contribution in [0.1, 0.15) is 33.4 Å². The van der Waals surface area contributed by atoms with Crippen molar-refractivity contribution in [3.63, 3.8) is 0 Å². The van der Waals surface area contributed by atoms with E-state index in [2.05, 4.69) is 191 Å². The van der Waals surface area contributed by atoms with Crippen molar-refractivity contribution in [2.45, 2.75) is 41.5 Å². The van der Waals surface area contributed by atoms with Crippen molar-refractivity contribution in [1.82, 2.24) is 9.97 Å². The largest absolute Gasteiger partial charge is 0.309 e. The van der Waals surface area contributed by atoms with Crippen molar-refractivity contribution < 1.29 is 0 Å². The van der Waals surface area contributed by atoms with Crippen LogP contribution in [-0.2, 0) is 0 Å². The highest BCUT2D eigenvalue weighted by molar-refractivity contribution is 5.88. The molecule has 4 nitrogen and oxygen atoms in total. The molecule has 0 spiro atoms. The van der Waals surface area contributed by atoms with Gasteiger partial charge in [0, 0.05) is 28.8 Å². The van der Waals surface area contributed by atoms with Gasteiger partial charge in [-0.1, -0.05) is 132 Å². The van der Waals surface area contributed by atoms with E-state index in [0.717, 1.165) is 34.0 Å². The highest BCUT2D eigenvalue weighted by Gasteiger charge is 2.23. The first-order valence-electron chi connectivity index (χ1n) is 19.2. The van der Waals surface area contributed by atoms with Gasteiger partial charge >= 0.3 is 0 Å². The maximum Gasteiger partial charge on any atom is 0.161 e. The Kier molecular flexibility index (Phi) is 10.0. The van der Waals surface area contributed by atoms with E-state index in [-0.39, 0.29) is 0 Å². The molecule has 0 saturated heterocycles. The molecule has 0 atom stereocenters. The molecule has 56 heavy (non-hydrogen) atoms. The number of rotatable bonds is 9. The van der Waals surface area contributed by atoms with Crippen LogP contribution < -0.4 is 9.80 Å². The first-order valence-corrected chi connectivity index (χ1v) is 19.2. The van der Waals surface area contributed by atoms with Gasteiger partial charge in [0.2, 0.25) is 0 Å². The summed E-state index contributed by atoms with van der Waals surface area (Å²) in [5.74, 6) is 1.46. The molecule has 4 heteroatoms. The molecule has 7 aromatic carbocycles. The highest BCUT2D eigenvalue weighted by atomic mass is 15.2. The van der Waals surface area contributed by atoms with E-state index in [0.29, 0.717) is 5.82 Å². The Bertz CT molecular complexity index is 2540. The zero-order chi connectivity index (χ0) is 38.8. The molecular weight excluding hydrogens is 681 g/mol. The van der Waals surface area contributed by atoms with Gasteiger partial charge in [0.15, 0.2) is 5.82 Å². The summed E-state index contributed by atoms with van der Waals surface area (Å²) < 4.78 is 0. The zero-order valence-electron chi connectivity index (χ0n) is 33.0. The minimum Gasteiger partial charge on any atom is -0.309 e. The van der Waals surface area contributed by atoms with Crippen LogP contribution in [-0.4, -0.2) is 9.97 Å². The fourth-order valence-electron chi connectivity index (χ4n) is 8.20. The lowest BCUT2D eigenvalue weighted by atomic mass is 9.94. The third kappa shape index (κ3) is 7.22. The molecule has 0 fully saturated rings. The minimum atomic E-state index is 0.678. The molecule has 0 saturated carbocycles. The van der Waals surface area contributed by atoms with Gasteiger partial charge in [-0.2, -0.15) is 0 Å². The van der Waals surface area contributed by atoms with Crippen molar-refractivity contribution in [2.24, 2.45) is 0 Å². The maximum absolute atomic E-state index is 5.18. The predicted molar refractivity (Wildman–Crippen MR) is 236 cm³/mol. The first-order chi connectivity index (χ1) is 27.2. The molecule has 8 aromatic rings. The Morgan fingerprint density at radius 3 is 1.39 bits per heavy atom. The second-order valence-corrected chi connectivity index (χ2v) is 14.7. The Labute approximate surface area is 331 Å². The standard InChI is InChI=1S/C52H46N4/c1-35-30-37(3)50(38(4)31-35)56(51-39(5)32-36(2)33-40(51)6)45-26-24-44(25-27-45)55(49-28-29-53-52(54-49)42-18-11-8-12-19-42)46-21-15-20-43(34-46)48-23-14-13-22-47(48)41-16-9-7-10-17-41/h7-34H,1-6H3. The van der Waals surface area contributed by atoms with E-state index in [9.17, 15) is 0 Å². The van der Waals surface area contributed by atoms with E-state index < -0.39 is 0 Å². The van der Waals surface area contributed by atoms with Gasteiger partial charge in [0.25, 0.3) is 0 Å². The summed E-state index contributed by atoms with van der Waals surface area (Å²) in [6.07, 6.45) is 1.86. The fraction of sp³-hybridized carbons (Fsp3) is 0.115. The Morgan fingerprint density at radius 2 is 0.839 bits per heavy atom. The fourth-order valence-corrected chi connectivity index (χ4v) is 8.20. The lowest BCUT2D eigenvalue weighted by Crippen LogP contribution is -2.16. The molecule has 8 rings (SSSR count). The maximum atomic E-state index is 5.18. The molecule has 0 amide bonds. The van der Waals surface area contributed by atoms with Crippen LogP contribution in [0.15, 0.2) is 170 Å². The molecule has 0 aliphatic rings. The van der Waals surface area contributed by atoms with Gasteiger partial charge in [-0.05, 0) is 129 Å². The van der Waals surface area contributed by atoms with Crippen LogP contribution in [0.3, 0.4) is 0 Å². The number of benzene rings is 7. The smallest absolute Gasteiger partial charge is 0.161 e. The summed E-state index contributed by atoms with van der Waals surface area (Å²) in [5.41, 5.74) is 18.7. The van der Waals surface area contributed by atoms with Crippen molar-refractivity contribution in [3.8, 4) is 33.6 Å². The first kappa shape index (κ1) is 36.2. The zero-order valence-corrected chi connectivity index (χ0v) is 33.0. The molecule has 0 unspecified atom stereocenters. The van der Waals surface area contributed by atoms with Gasteiger partial charge in [0.05, 0.1) is 11.4 Å². The van der Waals surface area contributed by atoms with Crippen LogP contribution >= 0.6 is 0 Å². The number of aryl methyl sites for hydroxylation is 6. The summed E-state index contributed by atoms with van der Waals surface area (Å²) in [4.78, 5) is 14.6. The summed E-state index contributed by atoms with van der Waals surface area (Å²) in [7, 11) is 0. The number of hydrogen-bond acceptors (Lipinski definition) is 4. The molecule has 274 valence electrons. The average molecular weight is 727 g/mol. The third-order valence-corrected chi connectivity index (χ3v) is 10.4. The topological polar surface area (TPSA) is 32.3 Å². The van der Waals surface area contributed by atoms with Crippen LogP contribution in [0, 0.1) is 41.5 Å². The Hall–Kier alpha value is -6.78. The van der Waals surface area contributed by atoms with Crippen LogP contribution in [0.25, 0.3) is 33.6 Å². The van der Waals surface area contributed by atoms with Crippen molar-refractivity contribution in [1.29, 1.82) is 0 Å². The van der Waals surface area contributed by atoms with Gasteiger partial charge in [-0.25, -0.2) is 9.97 Å². The lowest BCUT2D eigenvalue weighted by molar-refractivity contribution is 1.12. The molecule has 0 radical (unpaired) electrons. The molecule has 0 N–H and O–H groups in total. The Morgan fingerprint density at radius 1 is 0.375 bits per heavy atom. The average Bonchev–Trinajstić information content (AvgIpc) is 3.21. The van der Waals surface area contributed by atoms with E-state index in [1.165, 1.54) is 61.4 Å². The summed E-state index contributed by atoms with van der Waals surface area (Å²) >= 11 is 0. The van der Waals surface area contributed by atoms with Crippen molar-refractivity contribution in [3.05, 3.63) is 203 Å². The van der Waals surface area contributed by atoms with Crippen LogP contribution in [0.2, 0.25) is 0 Å². The molecular formula is C52H46N4. The second kappa shape index (κ2) is 15.5. The Balaban J connectivity index is 1.29. The molecule has 0 bridgehead atoms. The van der Waals surface area contributed by atoms with E-state index in [1.54, 1.807) is 0 Å². The summed E-state index contributed by atoms with van der Waals surface area (Å²) in [6, 6.07) is 58.2. The summed E-state index contributed by atoms with van der Waals surface area (Å²) in [5, 5.41) is 0.